The molecule has 0 aliphatic rings. The summed E-state index contributed by atoms with van der Waals surface area (Å²) in [5.41, 5.74) is 0.571. The monoisotopic (exact) mass is 272 g/mol. The molecule has 0 saturated heterocycles. The van der Waals surface area contributed by atoms with Crippen LogP contribution in [0.1, 0.15) is 51.0 Å². The first-order valence-electron chi connectivity index (χ1n) is 6.16. The van der Waals surface area contributed by atoms with Crippen LogP contribution in [0.4, 0.5) is 0 Å². The second-order valence-electron chi connectivity index (χ2n) is 4.59. The Kier molecular flexibility index (Phi) is 5.16. The average molecular weight is 272 g/mol. The summed E-state index contributed by atoms with van der Waals surface area (Å²) in [6.07, 6.45) is 4.15. The van der Waals surface area contributed by atoms with Crippen molar-refractivity contribution in [2.24, 2.45) is 0 Å². The number of hydrogen-bond acceptors (Lipinski definition) is 3. The predicted octanol–water partition coefficient (Wildman–Crippen LogP) is 3.32. The van der Waals surface area contributed by atoms with E-state index in [-0.39, 0.29) is 16.6 Å². The molecule has 1 atom stereocenters. The van der Waals surface area contributed by atoms with Crippen molar-refractivity contribution in [1.29, 1.82) is 0 Å². The second kappa shape index (κ2) is 6.20. The van der Waals surface area contributed by atoms with Gasteiger partial charge in [-0.1, -0.05) is 33.1 Å². The minimum atomic E-state index is -4.21. The number of benzene rings is 1. The van der Waals surface area contributed by atoms with Gasteiger partial charge in [0.15, 0.2) is 0 Å². The van der Waals surface area contributed by atoms with Gasteiger partial charge in [0.1, 0.15) is 5.75 Å². The van der Waals surface area contributed by atoms with Crippen LogP contribution >= 0.6 is 0 Å². The van der Waals surface area contributed by atoms with Gasteiger partial charge in [0.05, 0.1) is 4.90 Å². The van der Waals surface area contributed by atoms with E-state index in [9.17, 15) is 13.5 Å². The van der Waals surface area contributed by atoms with E-state index in [2.05, 4.69) is 6.92 Å². The van der Waals surface area contributed by atoms with Crippen molar-refractivity contribution in [3.05, 3.63) is 23.8 Å². The standard InChI is InChI=1S/C13H20O4S/c1-3-4-5-6-10(2)12-9-11(18(15,16)17)7-8-13(12)14/h7-10,14H,3-6H2,1-2H3,(H,15,16,17). The van der Waals surface area contributed by atoms with Gasteiger partial charge < -0.3 is 5.11 Å². The van der Waals surface area contributed by atoms with E-state index < -0.39 is 10.1 Å². The van der Waals surface area contributed by atoms with Crippen LogP contribution in [0.25, 0.3) is 0 Å². The lowest BCUT2D eigenvalue weighted by Gasteiger charge is -2.14. The summed E-state index contributed by atoms with van der Waals surface area (Å²) < 4.78 is 31.1. The number of aromatic hydroxyl groups is 1. The van der Waals surface area contributed by atoms with Crippen molar-refractivity contribution in [1.82, 2.24) is 0 Å². The zero-order valence-corrected chi connectivity index (χ0v) is 11.6. The van der Waals surface area contributed by atoms with E-state index in [4.69, 9.17) is 4.55 Å². The summed E-state index contributed by atoms with van der Waals surface area (Å²) >= 11 is 0. The minimum absolute atomic E-state index is 0.0678. The molecule has 0 aliphatic carbocycles. The third-order valence-electron chi connectivity index (χ3n) is 3.07. The predicted molar refractivity (Wildman–Crippen MR) is 70.5 cm³/mol. The summed E-state index contributed by atoms with van der Waals surface area (Å²) in [7, 11) is -4.21. The molecule has 0 spiro atoms. The smallest absolute Gasteiger partial charge is 0.294 e. The van der Waals surface area contributed by atoms with Crippen molar-refractivity contribution in [2.45, 2.75) is 50.3 Å². The largest absolute Gasteiger partial charge is 0.508 e. The van der Waals surface area contributed by atoms with Crippen molar-refractivity contribution >= 4 is 10.1 Å². The SMILES string of the molecule is CCCCCC(C)c1cc(S(=O)(=O)O)ccc1O. The van der Waals surface area contributed by atoms with Gasteiger partial charge in [-0.25, -0.2) is 0 Å². The van der Waals surface area contributed by atoms with Crippen molar-refractivity contribution in [2.75, 3.05) is 0 Å². The van der Waals surface area contributed by atoms with Gasteiger partial charge in [-0.15, -0.1) is 0 Å². The van der Waals surface area contributed by atoms with Gasteiger partial charge in [0, 0.05) is 0 Å². The number of unbranched alkanes of at least 4 members (excludes halogenated alkanes) is 2. The Morgan fingerprint density at radius 2 is 1.94 bits per heavy atom. The summed E-state index contributed by atoms with van der Waals surface area (Å²) in [5.74, 6) is 0.143. The average Bonchev–Trinajstić information content (AvgIpc) is 2.28. The zero-order valence-electron chi connectivity index (χ0n) is 10.8. The van der Waals surface area contributed by atoms with Gasteiger partial charge in [-0.2, -0.15) is 8.42 Å². The third-order valence-corrected chi connectivity index (χ3v) is 3.92. The fourth-order valence-corrected chi connectivity index (χ4v) is 2.46. The molecule has 1 aromatic rings. The molecule has 102 valence electrons. The zero-order chi connectivity index (χ0) is 13.8. The quantitative estimate of drug-likeness (QED) is 0.615. The van der Waals surface area contributed by atoms with Crippen LogP contribution in [0, 0.1) is 0 Å². The van der Waals surface area contributed by atoms with Crippen molar-refractivity contribution < 1.29 is 18.1 Å². The maximum atomic E-state index is 11.1. The van der Waals surface area contributed by atoms with Gasteiger partial charge in [-0.3, -0.25) is 4.55 Å². The van der Waals surface area contributed by atoms with Crippen LogP contribution in [-0.2, 0) is 10.1 Å². The summed E-state index contributed by atoms with van der Waals surface area (Å²) in [4.78, 5) is -0.169. The lowest BCUT2D eigenvalue weighted by Crippen LogP contribution is -2.01. The van der Waals surface area contributed by atoms with E-state index in [0.717, 1.165) is 25.7 Å². The van der Waals surface area contributed by atoms with Crippen LogP contribution in [0.5, 0.6) is 5.75 Å². The van der Waals surface area contributed by atoms with Gasteiger partial charge in [0.25, 0.3) is 10.1 Å². The maximum absolute atomic E-state index is 11.1. The minimum Gasteiger partial charge on any atom is -0.508 e. The Bertz CT molecular complexity index is 494. The van der Waals surface area contributed by atoms with Crippen LogP contribution in [0.15, 0.2) is 23.1 Å². The molecular weight excluding hydrogens is 252 g/mol. The normalized spacial score (nSPS) is 13.5. The molecule has 4 nitrogen and oxygen atoms in total. The molecule has 2 N–H and O–H groups in total. The van der Waals surface area contributed by atoms with E-state index in [1.807, 2.05) is 6.92 Å². The number of hydrogen-bond donors (Lipinski definition) is 2. The molecule has 0 saturated carbocycles. The molecule has 0 fully saturated rings. The van der Waals surface area contributed by atoms with Gasteiger partial charge >= 0.3 is 0 Å². The van der Waals surface area contributed by atoms with Crippen LogP contribution < -0.4 is 0 Å². The molecule has 1 rings (SSSR count). The Balaban J connectivity index is 2.93. The van der Waals surface area contributed by atoms with Crippen LogP contribution in [-0.4, -0.2) is 18.1 Å². The molecule has 0 radical (unpaired) electrons. The molecule has 5 heteroatoms. The second-order valence-corrected chi connectivity index (χ2v) is 6.01. The van der Waals surface area contributed by atoms with Crippen LogP contribution in [0.2, 0.25) is 0 Å². The Labute approximate surface area is 108 Å². The summed E-state index contributed by atoms with van der Waals surface area (Å²) in [5, 5.41) is 9.75. The van der Waals surface area contributed by atoms with E-state index in [0.29, 0.717) is 5.56 Å². The lowest BCUT2D eigenvalue weighted by molar-refractivity contribution is 0.456. The first-order valence-corrected chi connectivity index (χ1v) is 7.60. The first kappa shape index (κ1) is 15.0. The highest BCUT2D eigenvalue weighted by molar-refractivity contribution is 7.85. The maximum Gasteiger partial charge on any atom is 0.294 e. The molecule has 0 amide bonds. The Morgan fingerprint density at radius 3 is 2.50 bits per heavy atom. The molecular formula is C13H20O4S. The topological polar surface area (TPSA) is 74.6 Å². The lowest BCUT2D eigenvalue weighted by atomic mass is 9.94. The van der Waals surface area contributed by atoms with E-state index in [1.165, 1.54) is 18.2 Å². The Morgan fingerprint density at radius 1 is 1.28 bits per heavy atom. The molecule has 0 aromatic heterocycles. The Hall–Kier alpha value is -1.07. The first-order chi connectivity index (χ1) is 8.36. The summed E-state index contributed by atoms with van der Waals surface area (Å²) in [6.45, 7) is 4.06. The molecule has 0 aliphatic heterocycles. The number of rotatable bonds is 6. The van der Waals surface area contributed by atoms with Crippen molar-refractivity contribution in [3.63, 3.8) is 0 Å². The van der Waals surface area contributed by atoms with Gasteiger partial charge in [0.2, 0.25) is 0 Å². The van der Waals surface area contributed by atoms with Crippen LogP contribution in [0.3, 0.4) is 0 Å². The third kappa shape index (κ3) is 3.99. The van der Waals surface area contributed by atoms with Gasteiger partial charge in [-0.05, 0) is 36.1 Å². The number of phenolic OH excluding ortho intramolecular Hbond substituents is 1. The molecule has 0 heterocycles. The fourth-order valence-electron chi connectivity index (χ4n) is 1.94. The molecule has 18 heavy (non-hydrogen) atoms. The summed E-state index contributed by atoms with van der Waals surface area (Å²) in [6, 6.07) is 3.86. The highest BCUT2D eigenvalue weighted by Crippen LogP contribution is 2.31. The molecule has 1 aromatic carbocycles. The number of phenols is 1. The molecule has 1 unspecified atom stereocenters. The molecule has 0 bridgehead atoms. The van der Waals surface area contributed by atoms with E-state index in [1.54, 1.807) is 0 Å². The van der Waals surface area contributed by atoms with E-state index >= 15 is 0 Å². The van der Waals surface area contributed by atoms with Crippen molar-refractivity contribution in [3.8, 4) is 5.75 Å². The highest BCUT2D eigenvalue weighted by Gasteiger charge is 2.16. The highest BCUT2D eigenvalue weighted by atomic mass is 32.2. The fraction of sp³-hybridized carbons (Fsp3) is 0.538.